The van der Waals surface area contributed by atoms with Gasteiger partial charge >= 0.3 is 0 Å². The number of carbonyl (C=O) groups excluding carboxylic acids is 2. The largest absolute Gasteiger partial charge is 0.370 e. The summed E-state index contributed by atoms with van der Waals surface area (Å²) in [5, 5.41) is 12.4. The van der Waals surface area contributed by atoms with Gasteiger partial charge in [0.05, 0.1) is 0 Å². The molecule has 3 aromatic rings. The first-order valence-electron chi connectivity index (χ1n) is 12.8. The molecule has 0 atom stereocenters. The Hall–Kier alpha value is -4.17. The Morgan fingerprint density at radius 1 is 0.564 bits per heavy atom. The number of hydrogen-bond donors (Lipinski definition) is 4. The molecule has 0 fully saturated rings. The van der Waals surface area contributed by atoms with Crippen LogP contribution in [-0.2, 0) is 0 Å². The number of benzene rings is 3. The van der Waals surface area contributed by atoms with Gasteiger partial charge in [-0.25, -0.2) is 0 Å². The number of rotatable bonds is 10. The molecule has 0 aliphatic carbocycles. The summed E-state index contributed by atoms with van der Waals surface area (Å²) in [7, 11) is 3.50. The Balaban J connectivity index is 0.00000533. The van der Waals surface area contributed by atoms with Crippen LogP contribution in [0.5, 0.6) is 0 Å². The van der Waals surface area contributed by atoms with E-state index in [0.717, 1.165) is 48.7 Å². The summed E-state index contributed by atoms with van der Waals surface area (Å²) in [5.41, 5.74) is 4.18. The predicted octanol–water partition coefficient (Wildman–Crippen LogP) is 5.37. The second kappa shape index (κ2) is 15.9. The van der Waals surface area contributed by atoms with E-state index >= 15 is 0 Å². The zero-order valence-electron chi connectivity index (χ0n) is 22.9. The molecule has 0 aliphatic rings. The fourth-order valence-corrected chi connectivity index (χ4v) is 3.71. The molecule has 3 rings (SSSR count). The zero-order valence-corrected chi connectivity index (χ0v) is 23.7. The topological polar surface area (TPSA) is 107 Å². The summed E-state index contributed by atoms with van der Waals surface area (Å²) in [4.78, 5) is 34.0. The molecule has 0 aromatic heterocycles. The highest BCUT2D eigenvalue weighted by Gasteiger charge is 2.11. The molecule has 206 valence electrons. The molecule has 0 saturated heterocycles. The van der Waals surface area contributed by atoms with E-state index in [1.807, 2.05) is 48.5 Å². The lowest BCUT2D eigenvalue weighted by molar-refractivity contribution is 0.101. The number of carbonyl (C=O) groups is 2. The van der Waals surface area contributed by atoms with E-state index in [4.69, 9.17) is 0 Å². The molecule has 8 nitrogen and oxygen atoms in total. The van der Waals surface area contributed by atoms with E-state index in [2.05, 4.69) is 45.1 Å². The first-order chi connectivity index (χ1) is 18.5. The molecule has 0 aliphatic heterocycles. The van der Waals surface area contributed by atoms with Crippen LogP contribution in [0.4, 0.5) is 11.4 Å². The van der Waals surface area contributed by atoms with Crippen molar-refractivity contribution in [3.63, 3.8) is 0 Å². The lowest BCUT2D eigenvalue weighted by atomic mass is 10.1. The molecular formula is C30H37ClN6O2. The van der Waals surface area contributed by atoms with Crippen LogP contribution in [0.3, 0.4) is 0 Å². The van der Waals surface area contributed by atoms with Gasteiger partial charge < -0.3 is 21.3 Å². The SMILES string of the molecule is CCCNC(=NC)c1ccc(NC(=O)c2ccc(C(=O)Nc3ccc(C(=NC)NCCC)cc3)cc2)cc1.Cl. The van der Waals surface area contributed by atoms with Gasteiger partial charge in [-0.3, -0.25) is 19.6 Å². The monoisotopic (exact) mass is 548 g/mol. The molecule has 0 radical (unpaired) electrons. The number of nitrogens with zero attached hydrogens (tertiary/aromatic N) is 2. The Labute approximate surface area is 236 Å². The third-order valence-electron chi connectivity index (χ3n) is 5.77. The van der Waals surface area contributed by atoms with E-state index in [1.165, 1.54) is 0 Å². The lowest BCUT2D eigenvalue weighted by Crippen LogP contribution is -2.25. The molecule has 39 heavy (non-hydrogen) atoms. The average Bonchev–Trinajstić information content (AvgIpc) is 2.95. The molecule has 3 aromatic carbocycles. The molecule has 0 bridgehead atoms. The van der Waals surface area contributed by atoms with Crippen LogP contribution in [-0.4, -0.2) is 50.7 Å². The number of amidine groups is 2. The number of anilines is 2. The van der Waals surface area contributed by atoms with Crippen LogP contribution in [0.25, 0.3) is 0 Å². The molecule has 2 amide bonds. The van der Waals surface area contributed by atoms with Gasteiger partial charge in [0.1, 0.15) is 11.7 Å². The maximum absolute atomic E-state index is 12.7. The quantitative estimate of drug-likeness (QED) is 0.202. The lowest BCUT2D eigenvalue weighted by Gasteiger charge is -2.11. The van der Waals surface area contributed by atoms with Gasteiger partial charge in [-0.15, -0.1) is 12.4 Å². The highest BCUT2D eigenvalue weighted by Crippen LogP contribution is 2.15. The summed E-state index contributed by atoms with van der Waals surface area (Å²) in [6.45, 7) is 5.89. The van der Waals surface area contributed by atoms with Crippen molar-refractivity contribution in [2.24, 2.45) is 9.98 Å². The van der Waals surface area contributed by atoms with Crippen molar-refractivity contribution in [2.75, 3.05) is 37.8 Å². The van der Waals surface area contributed by atoms with Gasteiger partial charge in [0.2, 0.25) is 0 Å². The van der Waals surface area contributed by atoms with Crippen molar-refractivity contribution in [1.29, 1.82) is 0 Å². The minimum atomic E-state index is -0.251. The van der Waals surface area contributed by atoms with Crippen LogP contribution in [0.2, 0.25) is 0 Å². The van der Waals surface area contributed by atoms with Gasteiger partial charge in [-0.05, 0) is 85.6 Å². The fourth-order valence-electron chi connectivity index (χ4n) is 3.71. The Morgan fingerprint density at radius 2 is 0.872 bits per heavy atom. The van der Waals surface area contributed by atoms with Crippen molar-refractivity contribution in [3.8, 4) is 0 Å². The second-order valence-electron chi connectivity index (χ2n) is 8.64. The molecule has 0 saturated carbocycles. The molecule has 0 heterocycles. The van der Waals surface area contributed by atoms with Crippen LogP contribution in [0.1, 0.15) is 58.5 Å². The maximum Gasteiger partial charge on any atom is 0.255 e. The van der Waals surface area contributed by atoms with Crippen molar-refractivity contribution >= 4 is 47.3 Å². The Morgan fingerprint density at radius 3 is 1.15 bits per heavy atom. The third-order valence-corrected chi connectivity index (χ3v) is 5.77. The van der Waals surface area contributed by atoms with Crippen molar-refractivity contribution in [1.82, 2.24) is 10.6 Å². The standard InChI is InChI=1S/C30H36N6O2.ClH/c1-5-19-33-27(31-3)21-11-15-25(16-12-21)35-29(37)23-7-9-24(10-8-23)30(38)36-26-17-13-22(14-18-26)28(32-4)34-20-6-2;/h7-18H,5-6,19-20H2,1-4H3,(H,31,33)(H,32,34)(H,35,37)(H,36,38);1H. The predicted molar refractivity (Wildman–Crippen MR) is 164 cm³/mol. The van der Waals surface area contributed by atoms with Crippen molar-refractivity contribution in [3.05, 3.63) is 95.1 Å². The second-order valence-corrected chi connectivity index (χ2v) is 8.64. The molecule has 4 N–H and O–H groups in total. The van der Waals surface area contributed by atoms with Gasteiger partial charge in [0.15, 0.2) is 0 Å². The summed E-state index contributed by atoms with van der Waals surface area (Å²) >= 11 is 0. The average molecular weight is 549 g/mol. The van der Waals surface area contributed by atoms with E-state index < -0.39 is 0 Å². The summed E-state index contributed by atoms with van der Waals surface area (Å²) < 4.78 is 0. The van der Waals surface area contributed by atoms with Crippen molar-refractivity contribution in [2.45, 2.75) is 26.7 Å². The fraction of sp³-hybridized carbons (Fsp3) is 0.267. The van der Waals surface area contributed by atoms with E-state index in [9.17, 15) is 9.59 Å². The van der Waals surface area contributed by atoms with E-state index in [0.29, 0.717) is 22.5 Å². The van der Waals surface area contributed by atoms with E-state index in [-0.39, 0.29) is 24.2 Å². The summed E-state index contributed by atoms with van der Waals surface area (Å²) in [6, 6.07) is 21.6. The van der Waals surface area contributed by atoms with Crippen LogP contribution in [0, 0.1) is 0 Å². The Kier molecular flexibility index (Phi) is 12.7. The van der Waals surface area contributed by atoms with Gasteiger partial charge in [-0.2, -0.15) is 0 Å². The summed E-state index contributed by atoms with van der Waals surface area (Å²) in [5.74, 6) is 1.13. The van der Waals surface area contributed by atoms with Gasteiger partial charge in [0.25, 0.3) is 11.8 Å². The molecule has 0 spiro atoms. The van der Waals surface area contributed by atoms with E-state index in [1.54, 1.807) is 38.4 Å². The highest BCUT2D eigenvalue weighted by atomic mass is 35.5. The number of amides is 2. The third kappa shape index (κ3) is 8.97. The number of aliphatic imine (C=N–C) groups is 2. The highest BCUT2D eigenvalue weighted by molar-refractivity contribution is 6.07. The van der Waals surface area contributed by atoms with Crippen LogP contribution < -0.4 is 21.3 Å². The minimum absolute atomic E-state index is 0. The number of hydrogen-bond acceptors (Lipinski definition) is 4. The minimum Gasteiger partial charge on any atom is -0.370 e. The molecular weight excluding hydrogens is 512 g/mol. The van der Waals surface area contributed by atoms with Crippen LogP contribution >= 0.6 is 12.4 Å². The smallest absolute Gasteiger partial charge is 0.255 e. The number of nitrogens with one attached hydrogen (secondary N) is 4. The van der Waals surface area contributed by atoms with Crippen LogP contribution in [0.15, 0.2) is 82.8 Å². The molecule has 9 heteroatoms. The first-order valence-corrected chi connectivity index (χ1v) is 12.8. The van der Waals surface area contributed by atoms with Crippen molar-refractivity contribution < 1.29 is 9.59 Å². The maximum atomic E-state index is 12.7. The zero-order chi connectivity index (χ0) is 27.3. The first kappa shape index (κ1) is 31.1. The summed E-state index contributed by atoms with van der Waals surface area (Å²) in [6.07, 6.45) is 2.01. The number of halogens is 1. The normalized spacial score (nSPS) is 11.3. The molecule has 0 unspecified atom stereocenters. The Bertz CT molecular complexity index is 1170. The van der Waals surface area contributed by atoms with Gasteiger partial charge in [0, 0.05) is 60.8 Å². The van der Waals surface area contributed by atoms with Gasteiger partial charge in [-0.1, -0.05) is 13.8 Å².